The van der Waals surface area contributed by atoms with Gasteiger partial charge >= 0.3 is 0 Å². The van der Waals surface area contributed by atoms with Gasteiger partial charge in [-0.25, -0.2) is 0 Å². The first-order valence-corrected chi connectivity index (χ1v) is 6.98. The third-order valence-electron chi connectivity index (χ3n) is 2.37. The van der Waals surface area contributed by atoms with E-state index in [0.717, 1.165) is 23.2 Å². The molecule has 0 bridgehead atoms. The second-order valence-corrected chi connectivity index (χ2v) is 3.99. The Morgan fingerprint density at radius 3 is 2.14 bits per heavy atom. The lowest BCUT2D eigenvalue weighted by Gasteiger charge is -2.10. The van der Waals surface area contributed by atoms with Gasteiger partial charge in [-0.05, 0) is 45.2 Å². The van der Waals surface area contributed by atoms with Crippen molar-refractivity contribution >= 4 is 6.29 Å². The molecule has 0 aliphatic heterocycles. The van der Waals surface area contributed by atoms with Crippen molar-refractivity contribution in [1.29, 1.82) is 0 Å². The maximum absolute atomic E-state index is 10.5. The van der Waals surface area contributed by atoms with E-state index < -0.39 is 0 Å². The van der Waals surface area contributed by atoms with E-state index in [1.165, 1.54) is 14.1 Å². The molecule has 1 rings (SSSR count). The highest BCUT2D eigenvalue weighted by atomic mass is 16.5. The molecule has 0 aromatic heterocycles. The molecule has 0 aliphatic rings. The van der Waals surface area contributed by atoms with Crippen LogP contribution >= 0.6 is 0 Å². The lowest BCUT2D eigenvalue weighted by Crippen LogP contribution is -1.95. The van der Waals surface area contributed by atoms with Crippen molar-refractivity contribution in [3.8, 4) is 0 Å². The molecule has 0 radical (unpaired) electrons. The number of allylic oxidation sites excluding steroid dienone is 4. The monoisotopic (exact) mass is 304 g/mol. The van der Waals surface area contributed by atoms with Crippen LogP contribution in [-0.2, 0) is 11.3 Å². The van der Waals surface area contributed by atoms with Crippen LogP contribution < -0.4 is 11.5 Å². The van der Waals surface area contributed by atoms with Gasteiger partial charge in [-0.1, -0.05) is 43.0 Å². The predicted molar refractivity (Wildman–Crippen MR) is 94.6 cm³/mol. The minimum absolute atomic E-state index is 0.468. The number of carbonyl (C=O) groups excluding carboxylic acids is 1. The molecule has 0 fully saturated rings. The molecular weight excluding hydrogens is 276 g/mol. The summed E-state index contributed by atoms with van der Waals surface area (Å²) in [6.45, 7) is 8.20. The summed E-state index contributed by atoms with van der Waals surface area (Å²) in [5.41, 5.74) is 11.6. The highest BCUT2D eigenvalue weighted by Gasteiger charge is 2.00. The van der Waals surface area contributed by atoms with E-state index >= 15 is 0 Å². The minimum Gasteiger partial charge on any atom is -0.489 e. The van der Waals surface area contributed by atoms with Gasteiger partial charge in [-0.3, -0.25) is 4.79 Å². The van der Waals surface area contributed by atoms with Crippen molar-refractivity contribution < 1.29 is 9.53 Å². The van der Waals surface area contributed by atoms with Crippen molar-refractivity contribution in [3.05, 3.63) is 71.5 Å². The van der Waals surface area contributed by atoms with Gasteiger partial charge in [0.1, 0.15) is 18.7 Å². The summed E-state index contributed by atoms with van der Waals surface area (Å²) in [5.74, 6) is 0.771. The Labute approximate surface area is 134 Å². The molecule has 0 unspecified atom stereocenters. The van der Waals surface area contributed by atoms with Gasteiger partial charge in [0.2, 0.25) is 0 Å². The zero-order valence-corrected chi connectivity index (χ0v) is 14.0. The van der Waals surface area contributed by atoms with E-state index in [1.54, 1.807) is 12.1 Å². The molecule has 0 aliphatic carbocycles. The second kappa shape index (κ2) is 15.2. The minimum atomic E-state index is 0.468. The first-order chi connectivity index (χ1) is 10.7. The number of hydrogen-bond donors (Lipinski definition) is 2. The summed E-state index contributed by atoms with van der Waals surface area (Å²) < 4.78 is 5.69. The fraction of sp³-hybridized carbons (Fsp3) is 0.278. The van der Waals surface area contributed by atoms with Crippen LogP contribution in [0.1, 0.15) is 29.8 Å². The van der Waals surface area contributed by atoms with Crippen LogP contribution in [-0.4, -0.2) is 20.4 Å². The Bertz CT molecular complexity index is 474. The number of ether oxygens (including phenoxy) is 1. The number of rotatable bonds is 6. The Balaban J connectivity index is 0. The first kappa shape index (κ1) is 22.1. The topological polar surface area (TPSA) is 78.3 Å². The summed E-state index contributed by atoms with van der Waals surface area (Å²) >= 11 is 0. The Hall–Kier alpha value is -2.17. The van der Waals surface area contributed by atoms with Gasteiger partial charge < -0.3 is 16.2 Å². The van der Waals surface area contributed by atoms with E-state index in [0.29, 0.717) is 12.2 Å². The average Bonchev–Trinajstić information content (AvgIpc) is 2.58. The third-order valence-corrected chi connectivity index (χ3v) is 2.37. The van der Waals surface area contributed by atoms with Gasteiger partial charge in [0, 0.05) is 5.56 Å². The number of nitrogens with two attached hydrogens (primary N) is 2. The number of aldehydes is 1. The summed E-state index contributed by atoms with van der Waals surface area (Å²) in [6.07, 6.45) is 6.57. The fourth-order valence-corrected chi connectivity index (χ4v) is 1.35. The van der Waals surface area contributed by atoms with Crippen molar-refractivity contribution in [2.24, 2.45) is 11.5 Å². The highest BCUT2D eigenvalue weighted by molar-refractivity contribution is 5.74. The van der Waals surface area contributed by atoms with Gasteiger partial charge in [-0.15, -0.1) is 0 Å². The lowest BCUT2D eigenvalue weighted by atomic mass is 10.1. The summed E-state index contributed by atoms with van der Waals surface area (Å²) in [6, 6.07) is 7.33. The zero-order valence-electron chi connectivity index (χ0n) is 14.0. The quantitative estimate of drug-likeness (QED) is 0.480. The van der Waals surface area contributed by atoms with Crippen LogP contribution in [0.2, 0.25) is 0 Å². The molecule has 0 amide bonds. The smallest absolute Gasteiger partial charge is 0.150 e. The van der Waals surface area contributed by atoms with E-state index in [1.807, 2.05) is 44.2 Å². The van der Waals surface area contributed by atoms with E-state index in [4.69, 9.17) is 4.74 Å². The van der Waals surface area contributed by atoms with Gasteiger partial charge in [0.25, 0.3) is 0 Å². The molecular formula is C18H28N2O2. The number of carbonyl (C=O) groups is 1. The van der Waals surface area contributed by atoms with Gasteiger partial charge in [0.05, 0.1) is 0 Å². The molecule has 22 heavy (non-hydrogen) atoms. The largest absolute Gasteiger partial charge is 0.489 e. The van der Waals surface area contributed by atoms with Crippen LogP contribution in [0.25, 0.3) is 0 Å². The number of benzene rings is 1. The van der Waals surface area contributed by atoms with Crippen LogP contribution in [0, 0.1) is 0 Å². The average molecular weight is 304 g/mol. The number of hydrogen-bond acceptors (Lipinski definition) is 4. The maximum Gasteiger partial charge on any atom is 0.150 e. The summed E-state index contributed by atoms with van der Waals surface area (Å²) in [5, 5.41) is 0. The summed E-state index contributed by atoms with van der Waals surface area (Å²) in [4.78, 5) is 10.5. The molecule has 0 atom stereocenters. The highest BCUT2D eigenvalue weighted by Crippen LogP contribution is 2.13. The first-order valence-electron chi connectivity index (χ1n) is 6.98. The molecule has 0 spiro atoms. The zero-order chi connectivity index (χ0) is 17.4. The van der Waals surface area contributed by atoms with Crippen molar-refractivity contribution in [2.75, 3.05) is 14.1 Å². The van der Waals surface area contributed by atoms with Crippen molar-refractivity contribution in [3.63, 3.8) is 0 Å². The maximum atomic E-state index is 10.5. The van der Waals surface area contributed by atoms with E-state index in [-0.39, 0.29) is 0 Å². The fourth-order valence-electron chi connectivity index (χ4n) is 1.35. The predicted octanol–water partition coefficient (Wildman–Crippen LogP) is 3.20. The molecule has 1 aromatic carbocycles. The van der Waals surface area contributed by atoms with Crippen molar-refractivity contribution in [1.82, 2.24) is 0 Å². The standard InChI is InChI=1S/C16H18O2.2CH5N/c1-4-5-6-16(13(2)3)18-12-15-9-7-14(11-17)8-10-15;2*1-2/h4-11H,2,12H2,1,3H3;2*2H2,1H3/b5-4-,16-6+;;. The van der Waals surface area contributed by atoms with Gasteiger partial charge in [0.15, 0.2) is 0 Å². The van der Waals surface area contributed by atoms with Gasteiger partial charge in [-0.2, -0.15) is 0 Å². The molecule has 0 heterocycles. The van der Waals surface area contributed by atoms with Crippen molar-refractivity contribution in [2.45, 2.75) is 20.5 Å². The third kappa shape index (κ3) is 9.69. The molecule has 4 heteroatoms. The Kier molecular flexibility index (Phi) is 15.3. The van der Waals surface area contributed by atoms with Crippen LogP contribution in [0.3, 0.4) is 0 Å². The molecule has 0 saturated carbocycles. The van der Waals surface area contributed by atoms with E-state index in [2.05, 4.69) is 18.0 Å². The molecule has 1 aromatic rings. The Morgan fingerprint density at radius 1 is 1.18 bits per heavy atom. The van der Waals surface area contributed by atoms with Crippen LogP contribution in [0.4, 0.5) is 0 Å². The molecule has 4 N–H and O–H groups in total. The molecule has 122 valence electrons. The SMILES string of the molecule is C=C(C)/C(=C\C=C/C)OCc1ccc(C=O)cc1.CN.CN. The molecule has 0 saturated heterocycles. The van der Waals surface area contributed by atoms with Crippen LogP contribution in [0.15, 0.2) is 60.4 Å². The van der Waals surface area contributed by atoms with Crippen LogP contribution in [0.5, 0.6) is 0 Å². The summed E-state index contributed by atoms with van der Waals surface area (Å²) in [7, 11) is 3.00. The lowest BCUT2D eigenvalue weighted by molar-refractivity contribution is 0.112. The molecule has 4 nitrogen and oxygen atoms in total. The Morgan fingerprint density at radius 2 is 1.73 bits per heavy atom. The van der Waals surface area contributed by atoms with E-state index in [9.17, 15) is 4.79 Å². The second-order valence-electron chi connectivity index (χ2n) is 3.99. The normalized spacial score (nSPS) is 10.0.